The number of H-pyrrole nitrogens is 2. The SMILES string of the molecule is C=C/C=C(\C=C/C)c1cc(-c2cc3cc(OCCCN(C)C)ccc3[nH]2)c(=O)[nH]n1. The summed E-state index contributed by atoms with van der Waals surface area (Å²) in [7, 11) is 4.10. The van der Waals surface area contributed by atoms with E-state index in [1.165, 1.54) is 0 Å². The van der Waals surface area contributed by atoms with Crippen molar-refractivity contribution in [1.82, 2.24) is 20.1 Å². The zero-order valence-electron chi connectivity index (χ0n) is 17.7. The van der Waals surface area contributed by atoms with Crippen LogP contribution in [-0.2, 0) is 0 Å². The Hall–Kier alpha value is -3.38. The van der Waals surface area contributed by atoms with Gasteiger partial charge < -0.3 is 14.6 Å². The third-order valence-corrected chi connectivity index (χ3v) is 4.64. The van der Waals surface area contributed by atoms with Crippen LogP contribution in [0.2, 0.25) is 0 Å². The second-order valence-electron chi connectivity index (χ2n) is 7.29. The molecule has 2 heterocycles. The van der Waals surface area contributed by atoms with Crippen molar-refractivity contribution in [3.63, 3.8) is 0 Å². The Bertz CT molecular complexity index is 1140. The van der Waals surface area contributed by atoms with Crippen LogP contribution in [0.15, 0.2) is 66.0 Å². The van der Waals surface area contributed by atoms with Gasteiger partial charge in [-0.25, -0.2) is 5.10 Å². The van der Waals surface area contributed by atoms with Crippen LogP contribution in [0.5, 0.6) is 5.75 Å². The van der Waals surface area contributed by atoms with E-state index in [-0.39, 0.29) is 5.56 Å². The number of ether oxygens (including phenoxy) is 1. The number of hydrogen-bond donors (Lipinski definition) is 2. The first-order valence-electron chi connectivity index (χ1n) is 9.98. The van der Waals surface area contributed by atoms with Gasteiger partial charge in [0, 0.05) is 23.0 Å². The summed E-state index contributed by atoms with van der Waals surface area (Å²) in [6.45, 7) is 7.33. The minimum atomic E-state index is -0.246. The summed E-state index contributed by atoms with van der Waals surface area (Å²) in [5, 5.41) is 7.77. The predicted molar refractivity (Wildman–Crippen MR) is 124 cm³/mol. The lowest BCUT2D eigenvalue weighted by molar-refractivity contribution is 0.282. The van der Waals surface area contributed by atoms with Crippen LogP contribution in [0.4, 0.5) is 0 Å². The Kier molecular flexibility index (Phi) is 7.03. The van der Waals surface area contributed by atoms with Gasteiger partial charge in [0.05, 0.1) is 23.6 Å². The topological polar surface area (TPSA) is 74.0 Å². The summed E-state index contributed by atoms with van der Waals surface area (Å²) in [6.07, 6.45) is 8.37. The maximum Gasteiger partial charge on any atom is 0.273 e. The van der Waals surface area contributed by atoms with Crippen molar-refractivity contribution < 1.29 is 4.74 Å². The van der Waals surface area contributed by atoms with E-state index in [1.807, 2.05) is 63.5 Å². The molecule has 0 atom stereocenters. The van der Waals surface area contributed by atoms with Gasteiger partial charge in [0.15, 0.2) is 0 Å². The Morgan fingerprint density at radius 1 is 1.27 bits per heavy atom. The van der Waals surface area contributed by atoms with Gasteiger partial charge in [0.25, 0.3) is 5.56 Å². The summed E-state index contributed by atoms with van der Waals surface area (Å²) in [5.41, 5.74) is 3.51. The molecule has 0 saturated heterocycles. The molecule has 0 aliphatic rings. The predicted octanol–water partition coefficient (Wildman–Crippen LogP) is 4.39. The molecule has 2 N–H and O–H groups in total. The molecule has 0 unspecified atom stereocenters. The van der Waals surface area contributed by atoms with Crippen LogP contribution >= 0.6 is 0 Å². The molecule has 1 aromatic carbocycles. The fourth-order valence-corrected chi connectivity index (χ4v) is 3.20. The number of hydrogen-bond acceptors (Lipinski definition) is 4. The lowest BCUT2D eigenvalue weighted by atomic mass is 10.1. The number of aromatic amines is 2. The molecule has 0 aliphatic carbocycles. The zero-order chi connectivity index (χ0) is 21.5. The number of rotatable bonds is 9. The quantitative estimate of drug-likeness (QED) is 0.410. The zero-order valence-corrected chi connectivity index (χ0v) is 17.7. The van der Waals surface area contributed by atoms with E-state index in [0.717, 1.165) is 40.9 Å². The minimum absolute atomic E-state index is 0.246. The molecule has 0 saturated carbocycles. The van der Waals surface area contributed by atoms with E-state index in [0.29, 0.717) is 17.9 Å². The number of fused-ring (bicyclic) bond motifs is 1. The number of aromatic nitrogens is 3. The second kappa shape index (κ2) is 9.89. The fraction of sp³-hybridized carbons (Fsp3) is 0.250. The molecule has 0 bridgehead atoms. The lowest BCUT2D eigenvalue weighted by Crippen LogP contribution is -2.15. The summed E-state index contributed by atoms with van der Waals surface area (Å²) in [5.74, 6) is 0.820. The summed E-state index contributed by atoms with van der Waals surface area (Å²) in [4.78, 5) is 17.9. The minimum Gasteiger partial charge on any atom is -0.494 e. The first kappa shape index (κ1) is 21.3. The smallest absolute Gasteiger partial charge is 0.273 e. The summed E-state index contributed by atoms with van der Waals surface area (Å²) < 4.78 is 5.86. The normalized spacial score (nSPS) is 12.2. The van der Waals surface area contributed by atoms with E-state index < -0.39 is 0 Å². The Morgan fingerprint density at radius 2 is 2.10 bits per heavy atom. The third-order valence-electron chi connectivity index (χ3n) is 4.64. The molecule has 6 heteroatoms. The lowest BCUT2D eigenvalue weighted by Gasteiger charge is -2.10. The van der Waals surface area contributed by atoms with Gasteiger partial charge in [-0.3, -0.25) is 4.79 Å². The summed E-state index contributed by atoms with van der Waals surface area (Å²) >= 11 is 0. The van der Waals surface area contributed by atoms with Gasteiger partial charge in [-0.15, -0.1) is 0 Å². The molecule has 3 aromatic rings. The largest absolute Gasteiger partial charge is 0.494 e. The third kappa shape index (κ3) is 5.15. The first-order valence-corrected chi connectivity index (χ1v) is 9.98. The molecule has 3 rings (SSSR count). The molecule has 6 nitrogen and oxygen atoms in total. The molecule has 30 heavy (non-hydrogen) atoms. The molecule has 0 amide bonds. The van der Waals surface area contributed by atoms with E-state index in [2.05, 4.69) is 26.7 Å². The number of nitrogens with zero attached hydrogens (tertiary/aromatic N) is 2. The number of nitrogens with one attached hydrogen (secondary N) is 2. The van der Waals surface area contributed by atoms with Crippen molar-refractivity contribution in [3.05, 3.63) is 77.3 Å². The Morgan fingerprint density at radius 3 is 2.83 bits per heavy atom. The van der Waals surface area contributed by atoms with Gasteiger partial charge in [-0.1, -0.05) is 30.9 Å². The average Bonchev–Trinajstić information content (AvgIpc) is 3.14. The molecule has 0 aliphatic heterocycles. The molecule has 2 aromatic heterocycles. The van der Waals surface area contributed by atoms with E-state index in [1.54, 1.807) is 12.1 Å². The van der Waals surface area contributed by atoms with Crippen LogP contribution < -0.4 is 10.3 Å². The van der Waals surface area contributed by atoms with Gasteiger partial charge in [0.2, 0.25) is 0 Å². The van der Waals surface area contributed by atoms with Crippen molar-refractivity contribution >= 4 is 16.5 Å². The van der Waals surface area contributed by atoms with Crippen LogP contribution in [0.1, 0.15) is 19.0 Å². The van der Waals surface area contributed by atoms with Crippen molar-refractivity contribution in [1.29, 1.82) is 0 Å². The Balaban J connectivity index is 1.89. The summed E-state index contributed by atoms with van der Waals surface area (Å²) in [6, 6.07) is 9.65. The monoisotopic (exact) mass is 404 g/mol. The van der Waals surface area contributed by atoms with Crippen LogP contribution in [0.25, 0.3) is 27.7 Å². The first-order chi connectivity index (χ1) is 14.5. The van der Waals surface area contributed by atoms with Gasteiger partial charge in [-0.05, 0) is 57.8 Å². The van der Waals surface area contributed by atoms with Crippen LogP contribution in [-0.4, -0.2) is 47.3 Å². The van der Waals surface area contributed by atoms with Gasteiger partial charge in [0.1, 0.15) is 5.75 Å². The molecule has 0 spiro atoms. The highest BCUT2D eigenvalue weighted by Gasteiger charge is 2.11. The average molecular weight is 405 g/mol. The van der Waals surface area contributed by atoms with Crippen molar-refractivity contribution in [2.75, 3.05) is 27.2 Å². The van der Waals surface area contributed by atoms with Crippen LogP contribution in [0, 0.1) is 0 Å². The van der Waals surface area contributed by atoms with Crippen LogP contribution in [0.3, 0.4) is 0 Å². The molecule has 156 valence electrons. The highest BCUT2D eigenvalue weighted by molar-refractivity contribution is 5.87. The molecule has 0 radical (unpaired) electrons. The van der Waals surface area contributed by atoms with E-state index in [9.17, 15) is 4.79 Å². The van der Waals surface area contributed by atoms with Gasteiger partial charge in [-0.2, -0.15) is 5.10 Å². The van der Waals surface area contributed by atoms with E-state index in [4.69, 9.17) is 4.74 Å². The maximum atomic E-state index is 12.5. The van der Waals surface area contributed by atoms with Crippen molar-refractivity contribution in [3.8, 4) is 17.0 Å². The fourth-order valence-electron chi connectivity index (χ4n) is 3.20. The number of allylic oxidation sites excluding steroid dienone is 5. The van der Waals surface area contributed by atoms with Crippen molar-refractivity contribution in [2.24, 2.45) is 0 Å². The highest BCUT2D eigenvalue weighted by atomic mass is 16.5. The second-order valence-corrected chi connectivity index (χ2v) is 7.29. The molecular formula is C24H28N4O2. The number of benzene rings is 1. The van der Waals surface area contributed by atoms with E-state index >= 15 is 0 Å². The highest BCUT2D eigenvalue weighted by Crippen LogP contribution is 2.26. The Labute approximate surface area is 176 Å². The standard InChI is InChI=1S/C24H28N4O2/c1-5-8-17(9-6-2)22-16-20(24(29)27-26-22)23-15-18-14-19(10-11-21(18)25-23)30-13-7-12-28(3)4/h5-6,8-11,14-16,25H,1,7,12-13H2,2-4H3,(H,27,29)/b9-6-,17-8+. The molecule has 0 fully saturated rings. The van der Waals surface area contributed by atoms with Crippen molar-refractivity contribution in [2.45, 2.75) is 13.3 Å². The maximum absolute atomic E-state index is 12.5. The molecular weight excluding hydrogens is 376 g/mol. The van der Waals surface area contributed by atoms with Gasteiger partial charge >= 0.3 is 0 Å².